The van der Waals surface area contributed by atoms with E-state index in [1.54, 1.807) is 30.3 Å². The van der Waals surface area contributed by atoms with Crippen molar-refractivity contribution in [3.05, 3.63) is 71.4 Å². The number of carbonyl (C=O) groups is 2. The van der Waals surface area contributed by atoms with Gasteiger partial charge in [0.05, 0.1) is 18.7 Å². The van der Waals surface area contributed by atoms with Crippen molar-refractivity contribution < 1.29 is 19.4 Å². The molecule has 0 bridgehead atoms. The number of fused-ring (bicyclic) bond motifs is 1. The Hall–Kier alpha value is -3.58. The number of amides is 1. The number of nitrogens with zero attached hydrogens (tertiary/aromatic N) is 2. The van der Waals surface area contributed by atoms with E-state index in [1.165, 1.54) is 0 Å². The Morgan fingerprint density at radius 1 is 1.12 bits per heavy atom. The van der Waals surface area contributed by atoms with Crippen LogP contribution in [0.15, 0.2) is 60.3 Å². The highest BCUT2D eigenvalue weighted by Gasteiger charge is 2.46. The molecule has 32 heavy (non-hydrogen) atoms. The van der Waals surface area contributed by atoms with Crippen LogP contribution in [0.4, 0.5) is 0 Å². The van der Waals surface area contributed by atoms with Gasteiger partial charge in [-0.1, -0.05) is 30.3 Å². The lowest BCUT2D eigenvalue weighted by molar-refractivity contribution is -0.139. The van der Waals surface area contributed by atoms with Gasteiger partial charge in [0.1, 0.15) is 11.5 Å². The SMILES string of the molecule is COc1ccc([C@@H]2C(=C(O)c3c[nH]c4ccccc34)C(=O)C(=O)N2CCCN(C)C)cc1. The maximum atomic E-state index is 13.1. The molecule has 1 atom stereocenters. The molecule has 1 aliphatic rings. The molecule has 1 saturated heterocycles. The van der Waals surface area contributed by atoms with Crippen molar-refractivity contribution in [3.8, 4) is 5.75 Å². The van der Waals surface area contributed by atoms with Crippen molar-refractivity contribution in [2.75, 3.05) is 34.3 Å². The normalized spacial score (nSPS) is 18.1. The Balaban J connectivity index is 1.83. The van der Waals surface area contributed by atoms with Crippen molar-refractivity contribution in [1.29, 1.82) is 0 Å². The van der Waals surface area contributed by atoms with Crippen molar-refractivity contribution in [2.24, 2.45) is 0 Å². The molecule has 0 saturated carbocycles. The predicted octanol–water partition coefficient (Wildman–Crippen LogP) is 3.55. The maximum Gasteiger partial charge on any atom is 0.295 e. The average Bonchev–Trinajstić information content (AvgIpc) is 3.33. The lowest BCUT2D eigenvalue weighted by Crippen LogP contribution is -2.32. The van der Waals surface area contributed by atoms with E-state index >= 15 is 0 Å². The molecule has 0 aliphatic carbocycles. The highest BCUT2D eigenvalue weighted by Crippen LogP contribution is 2.40. The second kappa shape index (κ2) is 8.88. The van der Waals surface area contributed by atoms with Gasteiger partial charge in [-0.15, -0.1) is 0 Å². The summed E-state index contributed by atoms with van der Waals surface area (Å²) >= 11 is 0. The monoisotopic (exact) mass is 433 g/mol. The van der Waals surface area contributed by atoms with Gasteiger partial charge in [-0.3, -0.25) is 9.59 Å². The van der Waals surface area contributed by atoms with Crippen LogP contribution in [0, 0.1) is 0 Å². The number of rotatable bonds is 7. The first-order valence-corrected chi connectivity index (χ1v) is 10.6. The molecule has 1 aliphatic heterocycles. The Morgan fingerprint density at radius 3 is 2.53 bits per heavy atom. The number of aromatic nitrogens is 1. The van der Waals surface area contributed by atoms with Crippen molar-refractivity contribution in [1.82, 2.24) is 14.8 Å². The summed E-state index contributed by atoms with van der Waals surface area (Å²) in [4.78, 5) is 32.9. The number of benzene rings is 2. The van der Waals surface area contributed by atoms with Gasteiger partial charge in [0.25, 0.3) is 11.7 Å². The second-order valence-corrected chi connectivity index (χ2v) is 8.17. The Bertz CT molecular complexity index is 1180. The van der Waals surface area contributed by atoms with E-state index in [1.807, 2.05) is 55.4 Å². The maximum absolute atomic E-state index is 13.1. The summed E-state index contributed by atoms with van der Waals surface area (Å²) in [5.74, 6) is -0.754. The van der Waals surface area contributed by atoms with Crippen molar-refractivity contribution >= 4 is 28.4 Å². The van der Waals surface area contributed by atoms with E-state index in [0.717, 1.165) is 23.0 Å². The molecular weight excluding hydrogens is 406 g/mol. The summed E-state index contributed by atoms with van der Waals surface area (Å²) in [5, 5.41) is 12.1. The van der Waals surface area contributed by atoms with Crippen molar-refractivity contribution in [3.63, 3.8) is 0 Å². The Labute approximate surface area is 186 Å². The number of likely N-dealkylation sites (tertiary alicyclic amines) is 1. The Kier molecular flexibility index (Phi) is 6.01. The third kappa shape index (κ3) is 3.87. The van der Waals surface area contributed by atoms with Crippen LogP contribution in [0.2, 0.25) is 0 Å². The fraction of sp³-hybridized carbons (Fsp3) is 0.280. The van der Waals surface area contributed by atoms with Gasteiger partial charge in [0.2, 0.25) is 0 Å². The summed E-state index contributed by atoms with van der Waals surface area (Å²) in [6.07, 6.45) is 2.38. The largest absolute Gasteiger partial charge is 0.507 e. The van der Waals surface area contributed by atoms with E-state index in [-0.39, 0.29) is 11.3 Å². The fourth-order valence-electron chi connectivity index (χ4n) is 4.21. The molecule has 7 nitrogen and oxygen atoms in total. The number of aliphatic hydroxyl groups excluding tert-OH is 1. The molecule has 2 heterocycles. The number of aromatic amines is 1. The van der Waals surface area contributed by atoms with E-state index < -0.39 is 17.7 Å². The van der Waals surface area contributed by atoms with Gasteiger partial charge >= 0.3 is 0 Å². The molecule has 3 aromatic rings. The predicted molar refractivity (Wildman–Crippen MR) is 123 cm³/mol. The third-order valence-electron chi connectivity index (χ3n) is 5.82. The molecule has 0 spiro atoms. The number of aliphatic hydroxyl groups is 1. The molecule has 7 heteroatoms. The zero-order valence-electron chi connectivity index (χ0n) is 18.5. The number of hydrogen-bond acceptors (Lipinski definition) is 5. The summed E-state index contributed by atoms with van der Waals surface area (Å²) in [6, 6.07) is 14.1. The molecule has 0 unspecified atom stereocenters. The van der Waals surface area contributed by atoms with Crippen LogP contribution in [-0.4, -0.2) is 65.9 Å². The number of H-pyrrole nitrogens is 1. The van der Waals surface area contributed by atoms with Crippen LogP contribution in [0.25, 0.3) is 16.7 Å². The topological polar surface area (TPSA) is 85.9 Å². The highest BCUT2D eigenvalue weighted by atomic mass is 16.5. The molecule has 1 aromatic heterocycles. The quantitative estimate of drug-likeness (QED) is 0.338. The number of methoxy groups -OCH3 is 1. The zero-order valence-corrected chi connectivity index (χ0v) is 18.5. The summed E-state index contributed by atoms with van der Waals surface area (Å²) < 4.78 is 5.26. The standard InChI is InChI=1S/C25H27N3O4/c1-27(2)13-6-14-28-22(16-9-11-17(32-3)12-10-16)21(24(30)25(28)31)23(29)19-15-26-20-8-5-4-7-18(19)20/h4-5,7-12,15,22,26,29H,6,13-14H2,1-3H3/t22-/m1/s1. The summed E-state index contributed by atoms with van der Waals surface area (Å²) in [6.45, 7) is 1.19. The van der Waals surface area contributed by atoms with E-state index in [9.17, 15) is 14.7 Å². The molecule has 2 aromatic carbocycles. The van der Waals surface area contributed by atoms with Gasteiger partial charge < -0.3 is 24.6 Å². The summed E-state index contributed by atoms with van der Waals surface area (Å²) in [5.41, 5.74) is 2.20. The van der Waals surface area contributed by atoms with E-state index in [0.29, 0.717) is 24.3 Å². The van der Waals surface area contributed by atoms with Crippen molar-refractivity contribution in [2.45, 2.75) is 12.5 Å². The lowest BCUT2D eigenvalue weighted by Gasteiger charge is -2.26. The Morgan fingerprint density at radius 2 is 1.84 bits per heavy atom. The van der Waals surface area contributed by atoms with Crippen LogP contribution in [0.3, 0.4) is 0 Å². The minimum atomic E-state index is -0.670. The van der Waals surface area contributed by atoms with Gasteiger partial charge in [-0.05, 0) is 50.8 Å². The summed E-state index contributed by atoms with van der Waals surface area (Å²) in [7, 11) is 5.51. The van der Waals surface area contributed by atoms with Crippen LogP contribution in [0.1, 0.15) is 23.6 Å². The number of ether oxygens (including phenoxy) is 1. The molecule has 166 valence electrons. The zero-order chi connectivity index (χ0) is 22.8. The molecule has 1 fully saturated rings. The van der Waals surface area contributed by atoms with Gasteiger partial charge in [-0.25, -0.2) is 0 Å². The first-order chi connectivity index (χ1) is 15.4. The second-order valence-electron chi connectivity index (χ2n) is 8.17. The van der Waals surface area contributed by atoms with E-state index in [4.69, 9.17) is 4.74 Å². The lowest BCUT2D eigenvalue weighted by atomic mass is 9.95. The third-order valence-corrected chi connectivity index (χ3v) is 5.82. The molecule has 4 rings (SSSR count). The molecule has 2 N–H and O–H groups in total. The smallest absolute Gasteiger partial charge is 0.295 e. The molecule has 1 amide bonds. The molecule has 0 radical (unpaired) electrons. The minimum absolute atomic E-state index is 0.106. The number of Topliss-reactive ketones (excluding diaryl/α,β-unsaturated/α-hetero) is 1. The molecular formula is C25H27N3O4. The number of hydrogen-bond donors (Lipinski definition) is 2. The van der Waals surface area contributed by atoms with Gasteiger partial charge in [0.15, 0.2) is 0 Å². The number of ketones is 1. The first-order valence-electron chi connectivity index (χ1n) is 10.6. The van der Waals surface area contributed by atoms with Gasteiger partial charge in [-0.2, -0.15) is 0 Å². The van der Waals surface area contributed by atoms with E-state index in [2.05, 4.69) is 4.98 Å². The van der Waals surface area contributed by atoms with Crippen LogP contribution >= 0.6 is 0 Å². The van der Waals surface area contributed by atoms with Gasteiger partial charge in [0, 0.05) is 29.2 Å². The number of para-hydroxylation sites is 1. The average molecular weight is 434 g/mol. The first kappa shape index (κ1) is 21.6. The fourth-order valence-corrected chi connectivity index (χ4v) is 4.21. The number of nitrogens with one attached hydrogen (secondary N) is 1. The van der Waals surface area contributed by atoms with Crippen LogP contribution in [-0.2, 0) is 9.59 Å². The van der Waals surface area contributed by atoms with Crippen LogP contribution in [0.5, 0.6) is 5.75 Å². The minimum Gasteiger partial charge on any atom is -0.507 e. The van der Waals surface area contributed by atoms with Crippen LogP contribution < -0.4 is 4.74 Å². The highest BCUT2D eigenvalue weighted by molar-refractivity contribution is 6.46. The number of carbonyl (C=O) groups excluding carboxylic acids is 2.